The average molecular weight is 245 g/mol. The third kappa shape index (κ3) is 7.83. The van der Waals surface area contributed by atoms with Gasteiger partial charge in [-0.25, -0.2) is 9.59 Å². The Morgan fingerprint density at radius 1 is 1.24 bits per heavy atom. The lowest BCUT2D eigenvalue weighted by Crippen LogP contribution is -2.34. The van der Waals surface area contributed by atoms with Crippen LogP contribution in [-0.4, -0.2) is 33.8 Å². The third-order valence-electron chi connectivity index (χ3n) is 1.35. The van der Waals surface area contributed by atoms with Crippen LogP contribution in [-0.2, 0) is 14.3 Å². The van der Waals surface area contributed by atoms with Gasteiger partial charge in [-0.05, 0) is 26.8 Å². The second-order valence-electron chi connectivity index (χ2n) is 4.15. The number of carboxylic acids is 2. The van der Waals surface area contributed by atoms with Crippen LogP contribution in [0, 0.1) is 0 Å². The summed E-state index contributed by atoms with van der Waals surface area (Å²) < 4.78 is 4.82. The first-order valence-electron chi connectivity index (χ1n) is 4.77. The molecule has 7 nitrogen and oxygen atoms in total. The molecule has 0 aromatic rings. The first kappa shape index (κ1) is 14.9. The minimum absolute atomic E-state index is 0.503. The largest absolute Gasteiger partial charge is 0.481 e. The van der Waals surface area contributed by atoms with E-state index < -0.39 is 35.8 Å². The molecule has 0 bridgehead atoms. The van der Waals surface area contributed by atoms with E-state index in [0.29, 0.717) is 0 Å². The predicted molar refractivity (Wildman–Crippen MR) is 57.3 cm³/mol. The number of nitrogens with one attached hydrogen (secondary N) is 1. The summed E-state index contributed by atoms with van der Waals surface area (Å²) >= 11 is 0. The number of carbonyl (C=O) groups is 3. The molecule has 0 radical (unpaired) electrons. The molecule has 0 aromatic heterocycles. The molecule has 0 fully saturated rings. The summed E-state index contributed by atoms with van der Waals surface area (Å²) in [4.78, 5) is 32.2. The molecule has 0 aromatic carbocycles. The standard InChI is InChI=1S/C10H15NO6/c1-10(2,3)17-9(16)11-6(8(14)15)4-5-7(12)13/h4H,5H2,1-3H3,(H,11,16)(H,12,13)(H,14,15)/b6-4-. The smallest absolute Gasteiger partial charge is 0.412 e. The number of rotatable bonds is 4. The van der Waals surface area contributed by atoms with E-state index in [1.165, 1.54) is 0 Å². The fraction of sp³-hybridized carbons (Fsp3) is 0.500. The summed E-state index contributed by atoms with van der Waals surface area (Å²) in [5, 5.41) is 19.1. The highest BCUT2D eigenvalue weighted by Gasteiger charge is 2.19. The van der Waals surface area contributed by atoms with Crippen LogP contribution in [0.3, 0.4) is 0 Å². The SMILES string of the molecule is CC(C)(C)OC(=O)N/C(=C\CC(=O)O)C(=O)O. The van der Waals surface area contributed by atoms with E-state index in [2.05, 4.69) is 0 Å². The molecule has 0 atom stereocenters. The normalized spacial score (nSPS) is 11.8. The van der Waals surface area contributed by atoms with E-state index in [1.807, 2.05) is 5.32 Å². The average Bonchev–Trinajstić information content (AvgIpc) is 2.08. The first-order valence-corrected chi connectivity index (χ1v) is 4.77. The van der Waals surface area contributed by atoms with Crippen LogP contribution in [0.15, 0.2) is 11.8 Å². The van der Waals surface area contributed by atoms with Gasteiger partial charge in [0.25, 0.3) is 0 Å². The maximum atomic E-state index is 11.2. The quantitative estimate of drug-likeness (QED) is 0.635. The van der Waals surface area contributed by atoms with Gasteiger partial charge < -0.3 is 14.9 Å². The number of ether oxygens (including phenoxy) is 1. The molecule has 96 valence electrons. The molecule has 0 heterocycles. The van der Waals surface area contributed by atoms with Crippen LogP contribution >= 0.6 is 0 Å². The van der Waals surface area contributed by atoms with Crippen molar-refractivity contribution in [3.05, 3.63) is 11.8 Å². The van der Waals surface area contributed by atoms with E-state index in [1.54, 1.807) is 20.8 Å². The Hall–Kier alpha value is -2.05. The highest BCUT2D eigenvalue weighted by atomic mass is 16.6. The zero-order valence-electron chi connectivity index (χ0n) is 9.81. The monoisotopic (exact) mass is 245 g/mol. The summed E-state index contributed by atoms with van der Waals surface area (Å²) in [6.45, 7) is 4.86. The number of alkyl carbamates (subject to hydrolysis) is 1. The van der Waals surface area contributed by atoms with Crippen molar-refractivity contribution in [2.24, 2.45) is 0 Å². The van der Waals surface area contributed by atoms with Crippen molar-refractivity contribution >= 4 is 18.0 Å². The number of hydrogen-bond acceptors (Lipinski definition) is 4. The van der Waals surface area contributed by atoms with E-state index in [0.717, 1.165) is 6.08 Å². The maximum absolute atomic E-state index is 11.2. The topological polar surface area (TPSA) is 113 Å². The Morgan fingerprint density at radius 3 is 2.12 bits per heavy atom. The van der Waals surface area contributed by atoms with Crippen molar-refractivity contribution in [2.45, 2.75) is 32.8 Å². The number of hydrogen-bond donors (Lipinski definition) is 3. The summed E-state index contributed by atoms with van der Waals surface area (Å²) in [5.74, 6) is -2.63. The van der Waals surface area contributed by atoms with Crippen LogP contribution in [0.4, 0.5) is 4.79 Å². The number of carboxylic acid groups (broad SMARTS) is 2. The number of amides is 1. The van der Waals surface area contributed by atoms with Gasteiger partial charge in [0.2, 0.25) is 0 Å². The molecule has 0 saturated carbocycles. The summed E-state index contributed by atoms with van der Waals surface area (Å²) in [6.07, 6.45) is -0.567. The zero-order valence-corrected chi connectivity index (χ0v) is 9.81. The second kappa shape index (κ2) is 5.88. The lowest BCUT2D eigenvalue weighted by atomic mass is 10.2. The van der Waals surface area contributed by atoms with Gasteiger partial charge in [-0.2, -0.15) is 0 Å². The molecular formula is C10H15NO6. The van der Waals surface area contributed by atoms with E-state index in [4.69, 9.17) is 14.9 Å². The van der Waals surface area contributed by atoms with Gasteiger partial charge in [0, 0.05) is 0 Å². The van der Waals surface area contributed by atoms with E-state index in [9.17, 15) is 14.4 Å². The molecular weight excluding hydrogens is 230 g/mol. The molecule has 1 amide bonds. The molecule has 0 unspecified atom stereocenters. The Bertz CT molecular complexity index is 352. The minimum Gasteiger partial charge on any atom is -0.481 e. The van der Waals surface area contributed by atoms with E-state index in [-0.39, 0.29) is 0 Å². The van der Waals surface area contributed by atoms with Gasteiger partial charge in [0.05, 0.1) is 6.42 Å². The lowest BCUT2D eigenvalue weighted by Gasteiger charge is -2.19. The number of aliphatic carboxylic acids is 2. The molecule has 0 rings (SSSR count). The van der Waals surface area contributed by atoms with Crippen molar-refractivity contribution in [3.63, 3.8) is 0 Å². The van der Waals surface area contributed by atoms with Gasteiger partial charge in [0.15, 0.2) is 0 Å². The Kier molecular flexibility index (Phi) is 5.17. The molecule has 7 heteroatoms. The fourth-order valence-corrected chi connectivity index (χ4v) is 0.795. The molecule has 3 N–H and O–H groups in total. The molecule has 0 aliphatic heterocycles. The van der Waals surface area contributed by atoms with Crippen LogP contribution in [0.5, 0.6) is 0 Å². The molecule has 0 aliphatic rings. The first-order chi connectivity index (χ1) is 7.61. The Balaban J connectivity index is 4.57. The van der Waals surface area contributed by atoms with Crippen molar-refractivity contribution in [1.29, 1.82) is 0 Å². The van der Waals surface area contributed by atoms with Gasteiger partial charge in [0.1, 0.15) is 11.3 Å². The highest BCUT2D eigenvalue weighted by Crippen LogP contribution is 2.07. The summed E-state index contributed by atoms with van der Waals surface area (Å²) in [7, 11) is 0. The third-order valence-corrected chi connectivity index (χ3v) is 1.35. The van der Waals surface area contributed by atoms with Crippen LogP contribution < -0.4 is 5.32 Å². The van der Waals surface area contributed by atoms with Crippen LogP contribution in [0.2, 0.25) is 0 Å². The predicted octanol–water partition coefficient (Wildman–Crippen LogP) is 0.954. The Morgan fingerprint density at radius 2 is 1.76 bits per heavy atom. The van der Waals surface area contributed by atoms with Gasteiger partial charge in [-0.3, -0.25) is 10.1 Å². The van der Waals surface area contributed by atoms with Gasteiger partial charge >= 0.3 is 18.0 Å². The van der Waals surface area contributed by atoms with Crippen molar-refractivity contribution in [3.8, 4) is 0 Å². The summed E-state index contributed by atoms with van der Waals surface area (Å²) in [5.41, 5.74) is -1.29. The zero-order chi connectivity index (χ0) is 13.6. The van der Waals surface area contributed by atoms with Crippen LogP contribution in [0.1, 0.15) is 27.2 Å². The van der Waals surface area contributed by atoms with Crippen molar-refractivity contribution in [1.82, 2.24) is 5.32 Å². The highest BCUT2D eigenvalue weighted by molar-refractivity contribution is 5.91. The van der Waals surface area contributed by atoms with Gasteiger partial charge in [-0.15, -0.1) is 0 Å². The maximum Gasteiger partial charge on any atom is 0.412 e. The summed E-state index contributed by atoms with van der Waals surface area (Å²) in [6, 6.07) is 0. The molecule has 0 saturated heterocycles. The lowest BCUT2D eigenvalue weighted by molar-refractivity contribution is -0.136. The van der Waals surface area contributed by atoms with Crippen molar-refractivity contribution < 1.29 is 29.3 Å². The van der Waals surface area contributed by atoms with Gasteiger partial charge in [-0.1, -0.05) is 0 Å². The van der Waals surface area contributed by atoms with Crippen LogP contribution in [0.25, 0.3) is 0 Å². The van der Waals surface area contributed by atoms with Crippen molar-refractivity contribution in [2.75, 3.05) is 0 Å². The molecule has 17 heavy (non-hydrogen) atoms. The number of carbonyl (C=O) groups excluding carboxylic acids is 1. The fourth-order valence-electron chi connectivity index (χ4n) is 0.795. The molecule has 0 spiro atoms. The Labute approximate surface area is 98.1 Å². The molecule has 0 aliphatic carbocycles. The van der Waals surface area contributed by atoms with E-state index >= 15 is 0 Å². The minimum atomic E-state index is -1.43. The second-order valence-corrected chi connectivity index (χ2v) is 4.15.